The summed E-state index contributed by atoms with van der Waals surface area (Å²) in [6, 6.07) is 27.7. The van der Waals surface area contributed by atoms with Crippen LogP contribution in [0.4, 0.5) is 5.69 Å². The van der Waals surface area contributed by atoms with Gasteiger partial charge in [0.05, 0.1) is 17.7 Å². The zero-order valence-electron chi connectivity index (χ0n) is 20.9. The molecule has 5 rings (SSSR count). The molecule has 0 radical (unpaired) electrons. The lowest BCUT2D eigenvalue weighted by molar-refractivity contribution is -0.115. The van der Waals surface area contributed by atoms with Crippen LogP contribution in [0.3, 0.4) is 0 Å². The monoisotopic (exact) mass is 509 g/mol. The van der Waals surface area contributed by atoms with Gasteiger partial charge >= 0.3 is 0 Å². The second-order valence-corrected chi connectivity index (χ2v) is 9.64. The first-order chi connectivity index (χ1) is 18.0. The number of amides is 1. The second kappa shape index (κ2) is 10.8. The average Bonchev–Trinajstić information content (AvgIpc) is 3.41. The third-order valence-electron chi connectivity index (χ3n) is 6.05. The summed E-state index contributed by atoms with van der Waals surface area (Å²) < 4.78 is 13.3. The van der Waals surface area contributed by atoms with E-state index in [4.69, 9.17) is 9.47 Å². The maximum absolute atomic E-state index is 12.6. The molecule has 1 amide bonds. The van der Waals surface area contributed by atoms with Gasteiger partial charge in [-0.25, -0.2) is 4.99 Å². The lowest BCUT2D eigenvalue weighted by Crippen LogP contribution is -2.19. The number of aryl methyl sites for hydroxylation is 1. The number of hydrogen-bond donors (Lipinski definition) is 1. The first-order valence-corrected chi connectivity index (χ1v) is 12.7. The number of hydrogen-bond acceptors (Lipinski definition) is 5. The molecule has 2 heterocycles. The van der Waals surface area contributed by atoms with Crippen LogP contribution in [0.15, 0.2) is 94.8 Å². The first-order valence-electron chi connectivity index (χ1n) is 11.9. The third-order valence-corrected chi connectivity index (χ3v) is 6.96. The zero-order chi connectivity index (χ0) is 25.8. The molecule has 0 bridgehead atoms. The molecule has 7 heteroatoms. The number of rotatable bonds is 7. The van der Waals surface area contributed by atoms with Crippen molar-refractivity contribution < 1.29 is 14.3 Å². The number of carbonyl (C=O) groups excluding carboxylic acids is 1. The van der Waals surface area contributed by atoms with Crippen molar-refractivity contribution in [2.75, 3.05) is 7.11 Å². The standard InChI is InChI=1S/C30H27N3O3S/c1-20-17-23(18-28-29(34)32-30(37-28)31-24-9-13-26(35-3)14-10-24)21(2)33(20)25-11-15-27(16-12-25)36-19-22-7-5-4-6-8-22/h4-18H,19H2,1-3H3,(H,31,32,34)/b28-18+. The minimum absolute atomic E-state index is 0.151. The van der Waals surface area contributed by atoms with Gasteiger partial charge in [-0.15, -0.1) is 0 Å². The summed E-state index contributed by atoms with van der Waals surface area (Å²) in [4.78, 5) is 17.8. The first kappa shape index (κ1) is 24.5. The van der Waals surface area contributed by atoms with Crippen LogP contribution < -0.4 is 14.8 Å². The van der Waals surface area contributed by atoms with Crippen LogP contribution >= 0.6 is 11.8 Å². The molecule has 1 aliphatic rings. The van der Waals surface area contributed by atoms with Crippen molar-refractivity contribution in [3.63, 3.8) is 0 Å². The highest BCUT2D eigenvalue weighted by Crippen LogP contribution is 2.31. The molecule has 1 aromatic heterocycles. The van der Waals surface area contributed by atoms with Gasteiger partial charge in [0.25, 0.3) is 5.91 Å². The molecule has 0 saturated carbocycles. The summed E-state index contributed by atoms with van der Waals surface area (Å²) in [5.74, 6) is 1.43. The topological polar surface area (TPSA) is 64.8 Å². The van der Waals surface area contributed by atoms with Crippen molar-refractivity contribution in [2.24, 2.45) is 4.99 Å². The van der Waals surface area contributed by atoms with Crippen molar-refractivity contribution in [1.29, 1.82) is 0 Å². The van der Waals surface area contributed by atoms with Gasteiger partial charge in [-0.1, -0.05) is 30.3 Å². The number of methoxy groups -OCH3 is 1. The van der Waals surface area contributed by atoms with E-state index in [0.717, 1.165) is 45.4 Å². The highest BCUT2D eigenvalue weighted by molar-refractivity contribution is 8.18. The summed E-state index contributed by atoms with van der Waals surface area (Å²) in [6.45, 7) is 4.65. The van der Waals surface area contributed by atoms with E-state index >= 15 is 0 Å². The van der Waals surface area contributed by atoms with E-state index < -0.39 is 0 Å². The van der Waals surface area contributed by atoms with Crippen LogP contribution in [0, 0.1) is 13.8 Å². The largest absolute Gasteiger partial charge is 0.497 e. The molecule has 1 aliphatic heterocycles. The van der Waals surface area contributed by atoms with Gasteiger partial charge in [0, 0.05) is 17.1 Å². The summed E-state index contributed by atoms with van der Waals surface area (Å²) in [5, 5.41) is 3.41. The Morgan fingerprint density at radius 2 is 1.65 bits per heavy atom. The second-order valence-electron chi connectivity index (χ2n) is 8.61. The highest BCUT2D eigenvalue weighted by atomic mass is 32.2. The summed E-state index contributed by atoms with van der Waals surface area (Å²) in [5.41, 5.74) is 6.04. The van der Waals surface area contributed by atoms with Crippen molar-refractivity contribution in [3.8, 4) is 17.2 Å². The molecule has 186 valence electrons. The number of nitrogens with one attached hydrogen (secondary N) is 1. The van der Waals surface area contributed by atoms with E-state index in [1.807, 2.05) is 84.9 Å². The van der Waals surface area contributed by atoms with E-state index in [9.17, 15) is 4.79 Å². The van der Waals surface area contributed by atoms with Crippen LogP contribution in [-0.2, 0) is 11.4 Å². The molecule has 1 saturated heterocycles. The van der Waals surface area contributed by atoms with E-state index in [1.54, 1.807) is 7.11 Å². The number of ether oxygens (including phenoxy) is 2. The maximum Gasteiger partial charge on any atom is 0.264 e. The molecule has 0 spiro atoms. The highest BCUT2D eigenvalue weighted by Gasteiger charge is 2.24. The number of nitrogens with zero attached hydrogens (tertiary/aromatic N) is 2. The number of thioether (sulfide) groups is 1. The minimum Gasteiger partial charge on any atom is -0.497 e. The number of aliphatic imine (C=N–C) groups is 1. The van der Waals surface area contributed by atoms with Gasteiger partial charge in [0.2, 0.25) is 0 Å². The van der Waals surface area contributed by atoms with Crippen molar-refractivity contribution in [2.45, 2.75) is 20.5 Å². The SMILES string of the molecule is COc1ccc(N=C2NC(=O)/C(=C\c3cc(C)n(-c4ccc(OCc5ccccc5)cc4)c3C)S2)cc1. The Hall–Kier alpha value is -4.23. The van der Waals surface area contributed by atoms with Gasteiger partial charge in [0.15, 0.2) is 5.17 Å². The van der Waals surface area contributed by atoms with Crippen LogP contribution in [-0.4, -0.2) is 22.8 Å². The van der Waals surface area contributed by atoms with Gasteiger partial charge in [0.1, 0.15) is 18.1 Å². The zero-order valence-corrected chi connectivity index (χ0v) is 21.7. The van der Waals surface area contributed by atoms with Crippen molar-refractivity contribution in [3.05, 3.63) is 112 Å². The molecular formula is C30H27N3O3S. The fraction of sp³-hybridized carbons (Fsp3) is 0.133. The minimum atomic E-state index is -0.151. The maximum atomic E-state index is 12.6. The number of aromatic nitrogens is 1. The van der Waals surface area contributed by atoms with Gasteiger partial charge < -0.3 is 19.4 Å². The molecule has 1 N–H and O–H groups in total. The molecule has 0 unspecified atom stereocenters. The molecule has 3 aromatic carbocycles. The quantitative estimate of drug-likeness (QED) is 0.286. The van der Waals surface area contributed by atoms with Crippen LogP contribution in [0.25, 0.3) is 11.8 Å². The Morgan fingerprint density at radius 3 is 2.35 bits per heavy atom. The Morgan fingerprint density at radius 1 is 0.946 bits per heavy atom. The molecule has 37 heavy (non-hydrogen) atoms. The van der Waals surface area contributed by atoms with Crippen LogP contribution in [0.2, 0.25) is 0 Å². The molecule has 4 aromatic rings. The van der Waals surface area contributed by atoms with Gasteiger partial charge in [-0.3, -0.25) is 4.79 Å². The van der Waals surface area contributed by atoms with Crippen molar-refractivity contribution in [1.82, 2.24) is 9.88 Å². The van der Waals surface area contributed by atoms with Crippen LogP contribution in [0.5, 0.6) is 11.5 Å². The van der Waals surface area contributed by atoms with Gasteiger partial charge in [-0.2, -0.15) is 0 Å². The van der Waals surface area contributed by atoms with E-state index in [2.05, 4.69) is 34.8 Å². The summed E-state index contributed by atoms with van der Waals surface area (Å²) in [6.07, 6.45) is 1.92. The Labute approximate surface area is 220 Å². The molecule has 0 atom stereocenters. The van der Waals surface area contributed by atoms with Gasteiger partial charge in [-0.05, 0) is 97.4 Å². The smallest absolute Gasteiger partial charge is 0.264 e. The summed E-state index contributed by atoms with van der Waals surface area (Å²) >= 11 is 1.34. The summed E-state index contributed by atoms with van der Waals surface area (Å²) in [7, 11) is 1.62. The number of benzene rings is 3. The Bertz CT molecular complexity index is 1470. The van der Waals surface area contributed by atoms with E-state index in [-0.39, 0.29) is 5.91 Å². The molecule has 6 nitrogen and oxygen atoms in total. The van der Waals surface area contributed by atoms with Crippen molar-refractivity contribution >= 4 is 34.6 Å². The lowest BCUT2D eigenvalue weighted by Gasteiger charge is -2.11. The normalized spacial score (nSPS) is 15.3. The van der Waals surface area contributed by atoms with E-state index in [0.29, 0.717) is 16.7 Å². The van der Waals surface area contributed by atoms with E-state index in [1.165, 1.54) is 11.8 Å². The predicted octanol–water partition coefficient (Wildman–Crippen LogP) is 6.57. The van der Waals surface area contributed by atoms with Crippen LogP contribution in [0.1, 0.15) is 22.5 Å². The molecule has 0 aliphatic carbocycles. The Balaban J connectivity index is 1.31. The fourth-order valence-corrected chi connectivity index (χ4v) is 4.99. The lowest BCUT2D eigenvalue weighted by atomic mass is 10.2. The Kier molecular flexibility index (Phi) is 7.14. The predicted molar refractivity (Wildman–Crippen MR) is 150 cm³/mol. The average molecular weight is 510 g/mol. The third kappa shape index (κ3) is 5.62. The number of amidine groups is 1. The molecule has 1 fully saturated rings. The molecular weight excluding hydrogens is 482 g/mol. The number of carbonyl (C=O) groups is 1. The fourth-order valence-electron chi connectivity index (χ4n) is 4.16.